The third kappa shape index (κ3) is 2.67. The number of ether oxygens (including phenoxy) is 2. The Kier molecular flexibility index (Phi) is 5.08. The topological polar surface area (TPSA) is 113 Å². The van der Waals surface area contributed by atoms with Gasteiger partial charge in [-0.1, -0.05) is 50.8 Å². The monoisotopic (exact) mass is 494 g/mol. The van der Waals surface area contributed by atoms with Crippen LogP contribution < -0.4 is 0 Å². The van der Waals surface area contributed by atoms with Gasteiger partial charge in [-0.05, 0) is 54.2 Å². The summed E-state index contributed by atoms with van der Waals surface area (Å²) in [5.74, 6) is -4.79. The predicted octanol–water partition coefficient (Wildman–Crippen LogP) is 2.64. The number of carbonyl (C=O) groups is 2. The Morgan fingerprint density at radius 2 is 1.89 bits per heavy atom. The Labute approximate surface area is 210 Å². The maximum Gasteiger partial charge on any atom is 0.331 e. The van der Waals surface area contributed by atoms with Crippen molar-refractivity contribution >= 4 is 17.8 Å². The lowest BCUT2D eigenvalue weighted by molar-refractivity contribution is -0.458. The van der Waals surface area contributed by atoms with Gasteiger partial charge in [-0.15, -0.1) is 0 Å². The molecule has 4 bridgehead atoms. The molecule has 7 rings (SSSR count). The van der Waals surface area contributed by atoms with Gasteiger partial charge in [-0.25, -0.2) is 4.79 Å². The molecule has 2 saturated heterocycles. The number of rotatable bonds is 3. The van der Waals surface area contributed by atoms with E-state index in [0.717, 1.165) is 5.56 Å². The van der Waals surface area contributed by atoms with Gasteiger partial charge in [0.2, 0.25) is 5.79 Å². The quantitative estimate of drug-likeness (QED) is 0.437. The summed E-state index contributed by atoms with van der Waals surface area (Å²) in [6, 6.07) is 9.31. The molecule has 4 aliphatic carbocycles. The number of carbonyl (C=O) groups excluding carboxylic acids is 2. The smallest absolute Gasteiger partial charge is 0.331 e. The highest BCUT2D eigenvalue weighted by molar-refractivity contribution is 6.05. The maximum absolute atomic E-state index is 14.1. The van der Waals surface area contributed by atoms with Crippen molar-refractivity contribution in [3.8, 4) is 0 Å². The molecule has 192 valence electrons. The van der Waals surface area contributed by atoms with Gasteiger partial charge in [0.15, 0.2) is 5.78 Å². The number of hydrogen-bond donors (Lipinski definition) is 3. The Morgan fingerprint density at radius 1 is 1.17 bits per heavy atom. The number of hydrogen-bond acceptors (Lipinski definition) is 7. The van der Waals surface area contributed by atoms with E-state index in [0.29, 0.717) is 25.7 Å². The van der Waals surface area contributed by atoms with E-state index < -0.39 is 69.9 Å². The lowest BCUT2D eigenvalue weighted by Gasteiger charge is -2.74. The largest absolute Gasteiger partial charge is 0.457 e. The molecule has 2 heterocycles. The first-order valence-electron chi connectivity index (χ1n) is 12.9. The van der Waals surface area contributed by atoms with E-state index in [-0.39, 0.29) is 12.2 Å². The van der Waals surface area contributed by atoms with E-state index in [4.69, 9.17) is 9.47 Å². The number of aliphatic hydroxyl groups is 3. The summed E-state index contributed by atoms with van der Waals surface area (Å²) in [5, 5.41) is 35.4. The predicted molar refractivity (Wildman–Crippen MR) is 130 cm³/mol. The van der Waals surface area contributed by atoms with Crippen molar-refractivity contribution in [2.45, 2.75) is 63.6 Å². The van der Waals surface area contributed by atoms with E-state index in [1.807, 2.05) is 44.2 Å². The van der Waals surface area contributed by atoms with Crippen LogP contribution in [-0.4, -0.2) is 57.8 Å². The van der Waals surface area contributed by atoms with Crippen LogP contribution in [0.3, 0.4) is 0 Å². The van der Waals surface area contributed by atoms with Gasteiger partial charge in [0.1, 0.15) is 17.6 Å². The number of ketones is 1. The third-order valence-electron chi connectivity index (χ3n) is 10.3. The Hall–Kier alpha value is -2.32. The highest BCUT2D eigenvalue weighted by Gasteiger charge is 2.87. The minimum Gasteiger partial charge on any atom is -0.457 e. The van der Waals surface area contributed by atoms with Crippen LogP contribution >= 0.6 is 0 Å². The van der Waals surface area contributed by atoms with Gasteiger partial charge in [0.05, 0.1) is 12.7 Å². The summed E-state index contributed by atoms with van der Waals surface area (Å²) >= 11 is 0. The Balaban J connectivity index is 1.46. The first-order chi connectivity index (χ1) is 17.0. The van der Waals surface area contributed by atoms with Crippen LogP contribution in [-0.2, 0) is 19.1 Å². The minimum atomic E-state index is -2.25. The molecule has 9 atom stereocenters. The molecule has 1 aromatic rings. The lowest BCUT2D eigenvalue weighted by atomic mass is 9.35. The van der Waals surface area contributed by atoms with E-state index in [9.17, 15) is 24.9 Å². The highest BCUT2D eigenvalue weighted by atomic mass is 16.6. The van der Waals surface area contributed by atoms with E-state index in [1.165, 1.54) is 6.08 Å². The molecule has 4 saturated carbocycles. The summed E-state index contributed by atoms with van der Waals surface area (Å²) in [7, 11) is 0. The van der Waals surface area contributed by atoms with Crippen molar-refractivity contribution in [3.63, 3.8) is 0 Å². The van der Waals surface area contributed by atoms with Crippen molar-refractivity contribution in [3.05, 3.63) is 54.1 Å². The van der Waals surface area contributed by atoms with Crippen LogP contribution in [0.1, 0.15) is 45.1 Å². The average molecular weight is 495 g/mol. The zero-order valence-corrected chi connectivity index (χ0v) is 20.7. The zero-order valence-electron chi connectivity index (χ0n) is 20.7. The van der Waals surface area contributed by atoms with Crippen LogP contribution in [0.2, 0.25) is 0 Å². The van der Waals surface area contributed by atoms with Gasteiger partial charge in [-0.2, -0.15) is 0 Å². The molecule has 6 fully saturated rings. The summed E-state index contributed by atoms with van der Waals surface area (Å²) in [6.45, 7) is 8.16. The molecule has 0 unspecified atom stereocenters. The maximum atomic E-state index is 14.1. The third-order valence-corrected chi connectivity index (χ3v) is 10.3. The molecule has 6 aliphatic rings. The number of fused-ring (bicyclic) bond motifs is 2. The number of esters is 1. The van der Waals surface area contributed by atoms with Crippen molar-refractivity contribution < 1.29 is 34.4 Å². The van der Waals surface area contributed by atoms with Gasteiger partial charge < -0.3 is 24.8 Å². The normalized spacial score (nSPS) is 46.5. The Morgan fingerprint density at radius 3 is 2.61 bits per heavy atom. The number of aliphatic hydroxyl groups excluding tert-OH is 2. The van der Waals surface area contributed by atoms with Crippen LogP contribution in [0.4, 0.5) is 0 Å². The van der Waals surface area contributed by atoms with Crippen molar-refractivity contribution in [1.82, 2.24) is 0 Å². The fraction of sp³-hybridized carbons (Fsp3) is 0.586. The molecule has 2 aliphatic heterocycles. The summed E-state index contributed by atoms with van der Waals surface area (Å²) < 4.78 is 12.0. The number of benzene rings is 1. The summed E-state index contributed by atoms with van der Waals surface area (Å²) in [6.07, 6.45) is 1.94. The second-order valence-corrected chi connectivity index (χ2v) is 12.1. The first kappa shape index (κ1) is 24.0. The molecule has 1 aromatic carbocycles. The van der Waals surface area contributed by atoms with Crippen LogP contribution in [0.15, 0.2) is 48.6 Å². The molecule has 7 nitrogen and oxygen atoms in total. The van der Waals surface area contributed by atoms with Crippen LogP contribution in [0.5, 0.6) is 0 Å². The van der Waals surface area contributed by atoms with E-state index in [1.54, 1.807) is 6.08 Å². The standard InChI is InChI=1S/C29H34O7/c1-16-18-10-11-19-27-15-35-29(34,24(33)22(27)26(2,3)14-13-20(27)30)28(19,23(16)32)25(18)36-21(31)12-9-17-7-5-4-6-8-17/h4-9,12,18-20,22,24-25,30,33-34H,1,10-11,13-15H2,2-3H3/b12-9+/t18-,19-,20-,22+,24-,25+,27+,28-,29+/m0/s1. The second kappa shape index (κ2) is 7.60. The zero-order chi connectivity index (χ0) is 25.7. The van der Waals surface area contributed by atoms with Gasteiger partial charge >= 0.3 is 5.97 Å². The molecule has 36 heavy (non-hydrogen) atoms. The van der Waals surface area contributed by atoms with Crippen molar-refractivity contribution in [1.29, 1.82) is 0 Å². The number of Topliss-reactive ketones (excluding diaryl/α,β-unsaturated/α-hetero) is 1. The molecule has 0 radical (unpaired) electrons. The first-order valence-corrected chi connectivity index (χ1v) is 12.9. The SMILES string of the molecule is C=C1C(=O)[C@]23[C@H](OC(=O)/C=C/c4ccccc4)[C@H]1CC[C@H]2[C@@]12CO[C@]3(O)[C@@H](O)[C@@H]1C(C)(C)CC[C@@H]2O. The molecular formula is C29H34O7. The van der Waals surface area contributed by atoms with Gasteiger partial charge in [0.25, 0.3) is 0 Å². The fourth-order valence-electron chi connectivity index (χ4n) is 8.93. The van der Waals surface area contributed by atoms with Crippen LogP contribution in [0.25, 0.3) is 6.08 Å². The second-order valence-electron chi connectivity index (χ2n) is 12.1. The minimum absolute atomic E-state index is 0.0429. The fourth-order valence-corrected chi connectivity index (χ4v) is 8.93. The lowest BCUT2D eigenvalue weighted by Crippen LogP contribution is -2.85. The van der Waals surface area contributed by atoms with Crippen molar-refractivity contribution in [2.24, 2.45) is 34.0 Å². The molecule has 2 spiro atoms. The van der Waals surface area contributed by atoms with Crippen LogP contribution in [0, 0.1) is 34.0 Å². The van der Waals surface area contributed by atoms with Gasteiger partial charge in [-0.3, -0.25) is 4.79 Å². The molecule has 3 N–H and O–H groups in total. The average Bonchev–Trinajstić information content (AvgIpc) is 2.96. The Bertz CT molecular complexity index is 1160. The van der Waals surface area contributed by atoms with E-state index >= 15 is 0 Å². The molecule has 7 heteroatoms. The summed E-state index contributed by atoms with van der Waals surface area (Å²) in [5.41, 5.74) is -1.94. The molecule has 0 aromatic heterocycles. The molecule has 0 amide bonds. The summed E-state index contributed by atoms with van der Waals surface area (Å²) in [4.78, 5) is 27.1. The van der Waals surface area contributed by atoms with E-state index in [2.05, 4.69) is 6.58 Å². The highest BCUT2D eigenvalue weighted by Crippen LogP contribution is 2.76. The van der Waals surface area contributed by atoms with Gasteiger partial charge in [0, 0.05) is 23.3 Å². The van der Waals surface area contributed by atoms with Crippen molar-refractivity contribution in [2.75, 3.05) is 6.61 Å². The molecular weight excluding hydrogens is 460 g/mol.